The van der Waals surface area contributed by atoms with Gasteiger partial charge in [0.15, 0.2) is 0 Å². The van der Waals surface area contributed by atoms with Gasteiger partial charge in [0.2, 0.25) is 5.88 Å². The van der Waals surface area contributed by atoms with Crippen LogP contribution in [0.15, 0.2) is 83.3 Å². The van der Waals surface area contributed by atoms with Crippen molar-refractivity contribution in [3.05, 3.63) is 99.4 Å². The first-order valence-corrected chi connectivity index (χ1v) is 10.4. The highest BCUT2D eigenvalue weighted by atomic mass is 35.5. The number of pyridine rings is 1. The van der Waals surface area contributed by atoms with E-state index in [4.69, 9.17) is 21.1 Å². The standard InChI is InChI=1S/C25H17ClN4O4/c1-33-19-11-7-18(8-12-19)28-23(31)16(15-27)14-21-24(34-20-9-5-17(26)6-10-20)29-22-4-2-3-13-30(22)25(21)32/h2-14H,1H3,(H,28,31)/b16-14+. The smallest absolute Gasteiger partial charge is 0.269 e. The predicted octanol–water partition coefficient (Wildman–Crippen LogP) is 4.69. The van der Waals surface area contributed by atoms with Crippen LogP contribution in [0.25, 0.3) is 11.7 Å². The number of nitriles is 1. The van der Waals surface area contributed by atoms with Gasteiger partial charge in [0, 0.05) is 16.9 Å². The number of benzene rings is 2. The Morgan fingerprint density at radius 2 is 1.79 bits per heavy atom. The summed E-state index contributed by atoms with van der Waals surface area (Å²) in [5, 5.41) is 12.8. The highest BCUT2D eigenvalue weighted by molar-refractivity contribution is 6.30. The summed E-state index contributed by atoms with van der Waals surface area (Å²) < 4.78 is 12.2. The van der Waals surface area contributed by atoms with Gasteiger partial charge in [0.05, 0.1) is 7.11 Å². The van der Waals surface area contributed by atoms with Crippen molar-refractivity contribution in [3.63, 3.8) is 0 Å². The Balaban J connectivity index is 1.76. The molecule has 0 aliphatic carbocycles. The van der Waals surface area contributed by atoms with Gasteiger partial charge < -0.3 is 14.8 Å². The molecule has 0 atom stereocenters. The van der Waals surface area contributed by atoms with Crippen molar-refractivity contribution in [2.45, 2.75) is 0 Å². The molecule has 4 rings (SSSR count). The molecule has 1 amide bonds. The molecule has 2 aromatic carbocycles. The Bertz CT molecular complexity index is 1490. The van der Waals surface area contributed by atoms with Gasteiger partial charge in [0.1, 0.15) is 34.4 Å². The van der Waals surface area contributed by atoms with Crippen LogP contribution in [0.1, 0.15) is 5.56 Å². The van der Waals surface area contributed by atoms with E-state index in [2.05, 4.69) is 10.3 Å². The van der Waals surface area contributed by atoms with Crippen molar-refractivity contribution >= 4 is 34.9 Å². The molecule has 8 nitrogen and oxygen atoms in total. The number of hydrogen-bond acceptors (Lipinski definition) is 6. The average Bonchev–Trinajstić information content (AvgIpc) is 2.86. The fourth-order valence-corrected chi connectivity index (χ4v) is 3.19. The highest BCUT2D eigenvalue weighted by Crippen LogP contribution is 2.25. The normalized spacial score (nSPS) is 11.0. The van der Waals surface area contributed by atoms with E-state index in [9.17, 15) is 14.9 Å². The summed E-state index contributed by atoms with van der Waals surface area (Å²) in [5.41, 5.74) is -0.0565. The molecule has 168 valence electrons. The van der Waals surface area contributed by atoms with Gasteiger partial charge in [-0.25, -0.2) is 0 Å². The lowest BCUT2D eigenvalue weighted by Gasteiger charge is -2.10. The van der Waals surface area contributed by atoms with Crippen LogP contribution in [-0.2, 0) is 4.79 Å². The molecule has 2 heterocycles. The molecule has 0 saturated heterocycles. The zero-order valence-electron chi connectivity index (χ0n) is 17.9. The summed E-state index contributed by atoms with van der Waals surface area (Å²) in [4.78, 5) is 30.4. The lowest BCUT2D eigenvalue weighted by Crippen LogP contribution is -2.20. The molecule has 0 fully saturated rings. The monoisotopic (exact) mass is 472 g/mol. The fourth-order valence-electron chi connectivity index (χ4n) is 3.06. The van der Waals surface area contributed by atoms with E-state index in [1.807, 2.05) is 6.07 Å². The van der Waals surface area contributed by atoms with Crippen LogP contribution in [0.2, 0.25) is 5.02 Å². The highest BCUT2D eigenvalue weighted by Gasteiger charge is 2.17. The van der Waals surface area contributed by atoms with E-state index in [1.165, 1.54) is 23.8 Å². The second-order valence-corrected chi connectivity index (χ2v) is 7.41. The first-order chi connectivity index (χ1) is 16.5. The Labute approximate surface area is 199 Å². The zero-order chi connectivity index (χ0) is 24.1. The van der Waals surface area contributed by atoms with Crippen molar-refractivity contribution in [2.75, 3.05) is 12.4 Å². The number of carbonyl (C=O) groups is 1. The van der Waals surface area contributed by atoms with Gasteiger partial charge in [-0.05, 0) is 66.7 Å². The molecule has 4 aromatic rings. The minimum absolute atomic E-state index is 0.0523. The van der Waals surface area contributed by atoms with Crippen molar-refractivity contribution in [1.29, 1.82) is 5.26 Å². The van der Waals surface area contributed by atoms with Crippen LogP contribution in [-0.4, -0.2) is 22.4 Å². The fraction of sp³-hybridized carbons (Fsp3) is 0.0400. The topological polar surface area (TPSA) is 106 Å². The Kier molecular flexibility index (Phi) is 6.57. The molecule has 0 radical (unpaired) electrons. The number of fused-ring (bicyclic) bond motifs is 1. The van der Waals surface area contributed by atoms with Crippen LogP contribution < -0.4 is 20.3 Å². The maximum Gasteiger partial charge on any atom is 0.269 e. The van der Waals surface area contributed by atoms with E-state index < -0.39 is 11.5 Å². The maximum absolute atomic E-state index is 13.2. The average molecular weight is 473 g/mol. The molecule has 0 aliphatic heterocycles. The molecule has 0 unspecified atom stereocenters. The summed E-state index contributed by atoms with van der Waals surface area (Å²) in [6, 6.07) is 20.0. The predicted molar refractivity (Wildman–Crippen MR) is 128 cm³/mol. The molecule has 9 heteroatoms. The number of amides is 1. The molecule has 0 saturated carbocycles. The van der Waals surface area contributed by atoms with Gasteiger partial charge >= 0.3 is 0 Å². The molecule has 34 heavy (non-hydrogen) atoms. The Hall–Kier alpha value is -4.61. The number of anilines is 1. The summed E-state index contributed by atoms with van der Waals surface area (Å²) >= 11 is 5.93. The molecular weight excluding hydrogens is 456 g/mol. The number of carbonyl (C=O) groups excluding carboxylic acids is 1. The Morgan fingerprint density at radius 3 is 2.47 bits per heavy atom. The van der Waals surface area contributed by atoms with Crippen molar-refractivity contribution in [1.82, 2.24) is 9.38 Å². The summed E-state index contributed by atoms with van der Waals surface area (Å²) in [7, 11) is 1.53. The van der Waals surface area contributed by atoms with E-state index in [0.717, 1.165) is 0 Å². The number of hydrogen-bond donors (Lipinski definition) is 1. The van der Waals surface area contributed by atoms with Crippen LogP contribution in [0.3, 0.4) is 0 Å². The van der Waals surface area contributed by atoms with E-state index in [-0.39, 0.29) is 17.0 Å². The van der Waals surface area contributed by atoms with Gasteiger partial charge in [-0.15, -0.1) is 0 Å². The summed E-state index contributed by atoms with van der Waals surface area (Å²) in [6.45, 7) is 0. The minimum atomic E-state index is -0.692. The summed E-state index contributed by atoms with van der Waals surface area (Å²) in [6.07, 6.45) is 2.70. The van der Waals surface area contributed by atoms with Gasteiger partial charge in [-0.3, -0.25) is 14.0 Å². The second-order valence-electron chi connectivity index (χ2n) is 6.97. The van der Waals surface area contributed by atoms with Gasteiger partial charge in [-0.2, -0.15) is 10.2 Å². The lowest BCUT2D eigenvalue weighted by atomic mass is 10.1. The number of ether oxygens (including phenoxy) is 2. The third-order valence-electron chi connectivity index (χ3n) is 4.76. The number of nitrogens with one attached hydrogen (secondary N) is 1. The quantitative estimate of drug-likeness (QED) is 0.322. The number of methoxy groups -OCH3 is 1. The largest absolute Gasteiger partial charge is 0.497 e. The van der Waals surface area contributed by atoms with Crippen LogP contribution in [0.4, 0.5) is 5.69 Å². The lowest BCUT2D eigenvalue weighted by molar-refractivity contribution is -0.112. The van der Waals surface area contributed by atoms with Crippen molar-refractivity contribution < 1.29 is 14.3 Å². The van der Waals surface area contributed by atoms with Crippen molar-refractivity contribution in [2.24, 2.45) is 0 Å². The maximum atomic E-state index is 13.2. The third-order valence-corrected chi connectivity index (χ3v) is 5.02. The first kappa shape index (κ1) is 22.6. The van der Waals surface area contributed by atoms with Crippen LogP contribution >= 0.6 is 11.6 Å². The second kappa shape index (κ2) is 9.90. The van der Waals surface area contributed by atoms with E-state index in [0.29, 0.717) is 27.9 Å². The third kappa shape index (κ3) is 4.90. The number of nitrogens with zero attached hydrogens (tertiary/aromatic N) is 3. The summed E-state index contributed by atoms with van der Waals surface area (Å²) in [5.74, 6) is 0.256. The molecule has 0 bridgehead atoms. The molecule has 0 aliphatic rings. The van der Waals surface area contributed by atoms with Gasteiger partial charge in [0.25, 0.3) is 11.5 Å². The van der Waals surface area contributed by atoms with Crippen LogP contribution in [0, 0.1) is 11.3 Å². The molecule has 0 spiro atoms. The molecule has 2 aromatic heterocycles. The number of rotatable bonds is 6. The Morgan fingerprint density at radius 1 is 1.09 bits per heavy atom. The zero-order valence-corrected chi connectivity index (χ0v) is 18.6. The van der Waals surface area contributed by atoms with Gasteiger partial charge in [-0.1, -0.05) is 17.7 Å². The van der Waals surface area contributed by atoms with E-state index in [1.54, 1.807) is 66.7 Å². The molecular formula is C25H17ClN4O4. The van der Waals surface area contributed by atoms with Crippen molar-refractivity contribution in [3.8, 4) is 23.4 Å². The van der Waals surface area contributed by atoms with E-state index >= 15 is 0 Å². The van der Waals surface area contributed by atoms with Crippen LogP contribution in [0.5, 0.6) is 17.4 Å². The number of aromatic nitrogens is 2. The SMILES string of the molecule is COc1ccc(NC(=O)/C(C#N)=C/c2c(Oc3ccc(Cl)cc3)nc3ccccn3c2=O)cc1. The molecule has 1 N–H and O–H groups in total. The minimum Gasteiger partial charge on any atom is -0.497 e. The first-order valence-electron chi connectivity index (χ1n) is 10.0. The number of halogens is 1.